The van der Waals surface area contributed by atoms with Gasteiger partial charge in [0.1, 0.15) is 5.69 Å². The lowest BCUT2D eigenvalue weighted by molar-refractivity contribution is 0.399. The normalized spacial score (nSPS) is 12.4. The monoisotopic (exact) mass is 327 g/mol. The predicted octanol–water partition coefficient (Wildman–Crippen LogP) is 3.92. The van der Waals surface area contributed by atoms with Crippen LogP contribution in [0.3, 0.4) is 0 Å². The van der Waals surface area contributed by atoms with Gasteiger partial charge in [0.15, 0.2) is 5.75 Å². The van der Waals surface area contributed by atoms with Gasteiger partial charge in [-0.1, -0.05) is 30.1 Å². The molecule has 1 unspecified atom stereocenters. The fourth-order valence-electron chi connectivity index (χ4n) is 2.40. The molecular formula is C15H19Cl2N3O. The summed E-state index contributed by atoms with van der Waals surface area (Å²) in [5.74, 6) is 0.749. The third-order valence-corrected chi connectivity index (χ3v) is 3.70. The average molecular weight is 328 g/mol. The summed E-state index contributed by atoms with van der Waals surface area (Å²) in [6.45, 7) is 5.66. The molecule has 21 heavy (non-hydrogen) atoms. The molecule has 2 rings (SSSR count). The number of hydrogen-bond acceptors (Lipinski definition) is 3. The highest BCUT2D eigenvalue weighted by molar-refractivity contribution is 6.34. The topological polar surface area (TPSA) is 39.1 Å². The lowest BCUT2D eigenvalue weighted by atomic mass is 10.0. The number of benzene rings is 1. The van der Waals surface area contributed by atoms with Crippen molar-refractivity contribution < 1.29 is 4.74 Å². The van der Waals surface area contributed by atoms with Crippen LogP contribution in [0.25, 0.3) is 0 Å². The van der Waals surface area contributed by atoms with Crippen LogP contribution in [0.2, 0.25) is 10.0 Å². The van der Waals surface area contributed by atoms with Crippen molar-refractivity contribution in [1.29, 1.82) is 0 Å². The Labute approximate surface area is 135 Å². The van der Waals surface area contributed by atoms with E-state index in [2.05, 4.69) is 17.3 Å². The van der Waals surface area contributed by atoms with E-state index in [-0.39, 0.29) is 6.04 Å². The van der Waals surface area contributed by atoms with Gasteiger partial charge in [-0.25, -0.2) is 0 Å². The SMILES string of the molecule is CCNC(c1cc(Cl)cc(Cl)c1)c1c(OC)cnn1CC. The maximum Gasteiger partial charge on any atom is 0.161 e. The van der Waals surface area contributed by atoms with Crippen LogP contribution in [0.15, 0.2) is 24.4 Å². The highest BCUT2D eigenvalue weighted by atomic mass is 35.5. The zero-order valence-corrected chi connectivity index (χ0v) is 13.9. The molecule has 0 saturated heterocycles. The summed E-state index contributed by atoms with van der Waals surface area (Å²) in [6, 6.07) is 5.47. The Kier molecular flexibility index (Phi) is 5.51. The molecule has 0 spiro atoms. The van der Waals surface area contributed by atoms with E-state index in [4.69, 9.17) is 27.9 Å². The van der Waals surface area contributed by atoms with Crippen LogP contribution >= 0.6 is 23.2 Å². The van der Waals surface area contributed by atoms with Crippen LogP contribution in [0.4, 0.5) is 0 Å². The minimum atomic E-state index is -0.0800. The van der Waals surface area contributed by atoms with Gasteiger partial charge in [-0.2, -0.15) is 5.10 Å². The van der Waals surface area contributed by atoms with Gasteiger partial charge in [0.05, 0.1) is 19.3 Å². The molecule has 0 aliphatic rings. The van der Waals surface area contributed by atoms with E-state index in [0.29, 0.717) is 10.0 Å². The van der Waals surface area contributed by atoms with Crippen molar-refractivity contribution >= 4 is 23.2 Å². The molecule has 0 radical (unpaired) electrons. The van der Waals surface area contributed by atoms with Gasteiger partial charge < -0.3 is 10.1 Å². The quantitative estimate of drug-likeness (QED) is 0.874. The molecule has 0 amide bonds. The van der Waals surface area contributed by atoms with Gasteiger partial charge in [-0.3, -0.25) is 4.68 Å². The Morgan fingerprint density at radius 2 is 1.90 bits per heavy atom. The molecule has 0 bridgehead atoms. The maximum atomic E-state index is 6.14. The van der Waals surface area contributed by atoms with Crippen molar-refractivity contribution in [3.63, 3.8) is 0 Å². The molecule has 2 aromatic rings. The minimum Gasteiger partial charge on any atom is -0.493 e. The average Bonchev–Trinajstić information content (AvgIpc) is 2.86. The predicted molar refractivity (Wildman–Crippen MR) is 86.4 cm³/mol. The summed E-state index contributed by atoms with van der Waals surface area (Å²) in [4.78, 5) is 0. The third kappa shape index (κ3) is 3.51. The van der Waals surface area contributed by atoms with Gasteiger partial charge in [0.2, 0.25) is 0 Å². The number of methoxy groups -OCH3 is 1. The first-order chi connectivity index (χ1) is 10.1. The number of nitrogens with one attached hydrogen (secondary N) is 1. The van der Waals surface area contributed by atoms with E-state index in [9.17, 15) is 0 Å². The van der Waals surface area contributed by atoms with Crippen molar-refractivity contribution in [2.24, 2.45) is 0 Å². The Balaban J connectivity index is 2.55. The molecule has 1 N–H and O–H groups in total. The van der Waals surface area contributed by atoms with E-state index in [1.807, 2.05) is 23.7 Å². The Bertz CT molecular complexity index is 571. The summed E-state index contributed by atoms with van der Waals surface area (Å²) in [6.07, 6.45) is 1.73. The van der Waals surface area contributed by atoms with Crippen LogP contribution in [0.1, 0.15) is 31.1 Å². The number of aryl methyl sites for hydroxylation is 1. The second-order valence-corrected chi connectivity index (χ2v) is 5.48. The number of hydrogen-bond donors (Lipinski definition) is 1. The first kappa shape index (κ1) is 16.1. The summed E-state index contributed by atoms with van der Waals surface area (Å²) < 4.78 is 7.37. The highest BCUT2D eigenvalue weighted by Gasteiger charge is 2.23. The molecule has 1 aromatic carbocycles. The van der Waals surface area contributed by atoms with E-state index < -0.39 is 0 Å². The van der Waals surface area contributed by atoms with Gasteiger partial charge in [-0.15, -0.1) is 0 Å². The minimum absolute atomic E-state index is 0.0800. The Morgan fingerprint density at radius 3 is 2.43 bits per heavy atom. The maximum absolute atomic E-state index is 6.14. The summed E-state index contributed by atoms with van der Waals surface area (Å²) in [7, 11) is 1.65. The fraction of sp³-hybridized carbons (Fsp3) is 0.400. The van der Waals surface area contributed by atoms with Crippen LogP contribution in [-0.2, 0) is 6.54 Å². The van der Waals surface area contributed by atoms with Crippen molar-refractivity contribution in [1.82, 2.24) is 15.1 Å². The number of rotatable bonds is 6. The molecule has 0 saturated carbocycles. The summed E-state index contributed by atoms with van der Waals surface area (Å²) in [5.41, 5.74) is 1.96. The van der Waals surface area contributed by atoms with Gasteiger partial charge in [-0.05, 0) is 37.2 Å². The van der Waals surface area contributed by atoms with Gasteiger partial charge in [0, 0.05) is 16.6 Å². The smallest absolute Gasteiger partial charge is 0.161 e. The molecular weight excluding hydrogens is 309 g/mol. The Morgan fingerprint density at radius 1 is 1.24 bits per heavy atom. The zero-order valence-electron chi connectivity index (χ0n) is 12.4. The van der Waals surface area contributed by atoms with E-state index in [1.165, 1.54) is 0 Å². The number of ether oxygens (including phenoxy) is 1. The van der Waals surface area contributed by atoms with Gasteiger partial charge in [0.25, 0.3) is 0 Å². The van der Waals surface area contributed by atoms with E-state index >= 15 is 0 Å². The fourth-order valence-corrected chi connectivity index (χ4v) is 2.94. The molecule has 0 fully saturated rings. The van der Waals surface area contributed by atoms with E-state index in [1.54, 1.807) is 19.4 Å². The van der Waals surface area contributed by atoms with Crippen LogP contribution < -0.4 is 10.1 Å². The molecule has 1 heterocycles. The van der Waals surface area contributed by atoms with Crippen LogP contribution in [-0.4, -0.2) is 23.4 Å². The van der Waals surface area contributed by atoms with Gasteiger partial charge >= 0.3 is 0 Å². The lowest BCUT2D eigenvalue weighted by Crippen LogP contribution is -2.25. The second-order valence-electron chi connectivity index (χ2n) is 4.61. The highest BCUT2D eigenvalue weighted by Crippen LogP contribution is 2.32. The molecule has 6 heteroatoms. The molecule has 0 aliphatic heterocycles. The Hall–Kier alpha value is -1.23. The van der Waals surface area contributed by atoms with E-state index in [0.717, 1.165) is 30.1 Å². The lowest BCUT2D eigenvalue weighted by Gasteiger charge is -2.21. The third-order valence-electron chi connectivity index (χ3n) is 3.26. The molecule has 0 aliphatic carbocycles. The second kappa shape index (κ2) is 7.16. The first-order valence-electron chi connectivity index (χ1n) is 6.89. The zero-order chi connectivity index (χ0) is 15.4. The summed E-state index contributed by atoms with van der Waals surface area (Å²) >= 11 is 12.3. The molecule has 114 valence electrons. The molecule has 1 atom stereocenters. The number of nitrogens with zero attached hydrogens (tertiary/aromatic N) is 2. The van der Waals surface area contributed by atoms with Crippen LogP contribution in [0.5, 0.6) is 5.75 Å². The largest absolute Gasteiger partial charge is 0.493 e. The van der Waals surface area contributed by atoms with Crippen molar-refractivity contribution in [3.05, 3.63) is 45.7 Å². The molecule has 1 aromatic heterocycles. The standard InChI is InChI=1S/C15H19Cl2N3O/c1-4-18-14(10-6-11(16)8-12(17)7-10)15-13(21-3)9-19-20(15)5-2/h6-9,14,18H,4-5H2,1-3H3. The summed E-state index contributed by atoms with van der Waals surface area (Å²) in [5, 5.41) is 9.04. The number of aromatic nitrogens is 2. The van der Waals surface area contributed by atoms with Crippen molar-refractivity contribution in [3.8, 4) is 5.75 Å². The number of halogens is 2. The van der Waals surface area contributed by atoms with Crippen molar-refractivity contribution in [2.75, 3.05) is 13.7 Å². The first-order valence-corrected chi connectivity index (χ1v) is 7.65. The van der Waals surface area contributed by atoms with Crippen molar-refractivity contribution in [2.45, 2.75) is 26.4 Å². The molecule has 4 nitrogen and oxygen atoms in total. The van der Waals surface area contributed by atoms with Crippen LogP contribution in [0, 0.1) is 0 Å².